The molecule has 2 N–H and O–H groups in total. The van der Waals surface area contributed by atoms with Crippen LogP contribution in [-0.4, -0.2) is 8.42 Å². The van der Waals surface area contributed by atoms with Gasteiger partial charge in [-0.15, -0.1) is 0 Å². The fraction of sp³-hybridized carbons (Fsp3) is 0.143. The van der Waals surface area contributed by atoms with Crippen molar-refractivity contribution in [1.29, 1.82) is 0 Å². The molecule has 0 aliphatic rings. The Hall–Kier alpha value is -1.65. The average Bonchev–Trinajstić information content (AvgIpc) is 2.32. The summed E-state index contributed by atoms with van der Waals surface area (Å²) in [4.78, 5) is 0.149. The van der Waals surface area contributed by atoms with Crippen LogP contribution in [0, 0.1) is 6.92 Å². The number of sulfonamides is 1. The van der Waals surface area contributed by atoms with E-state index < -0.39 is 10.0 Å². The first-order valence-electron chi connectivity index (χ1n) is 5.63. The number of rotatable bonds is 3. The molecule has 4 heteroatoms. The largest absolute Gasteiger partial charge is 0.238 e. The van der Waals surface area contributed by atoms with E-state index in [1.165, 1.54) is 11.1 Å². The minimum absolute atomic E-state index is 0.149. The number of aryl methyl sites for hydroxylation is 1. The molecule has 3 nitrogen and oxygen atoms in total. The second-order valence-corrected chi connectivity index (χ2v) is 5.85. The molecule has 0 heterocycles. The van der Waals surface area contributed by atoms with Crippen LogP contribution in [0.4, 0.5) is 0 Å². The maximum atomic E-state index is 11.1. The fourth-order valence-corrected chi connectivity index (χ4v) is 2.34. The summed E-state index contributed by atoms with van der Waals surface area (Å²) in [5.41, 5.74) is 3.53. The predicted molar refractivity (Wildman–Crippen MR) is 71.8 cm³/mol. The van der Waals surface area contributed by atoms with Crippen molar-refractivity contribution >= 4 is 10.0 Å². The summed E-state index contributed by atoms with van der Waals surface area (Å²) in [6.45, 7) is 2.06. The van der Waals surface area contributed by atoms with Crippen LogP contribution in [0.3, 0.4) is 0 Å². The minimum Gasteiger partial charge on any atom is -0.225 e. The van der Waals surface area contributed by atoms with E-state index in [9.17, 15) is 8.42 Å². The van der Waals surface area contributed by atoms with Crippen molar-refractivity contribution in [2.75, 3.05) is 0 Å². The summed E-state index contributed by atoms with van der Waals surface area (Å²) in [5.74, 6) is 0. The number of primary sulfonamides is 1. The van der Waals surface area contributed by atoms with Gasteiger partial charge in [-0.2, -0.15) is 0 Å². The molecule has 0 aliphatic carbocycles. The maximum Gasteiger partial charge on any atom is 0.238 e. The normalized spacial score (nSPS) is 11.4. The Morgan fingerprint density at radius 1 is 1.00 bits per heavy atom. The summed E-state index contributed by atoms with van der Waals surface area (Å²) in [5, 5.41) is 5.06. The smallest absolute Gasteiger partial charge is 0.225 e. The lowest BCUT2D eigenvalue weighted by Gasteiger charge is -2.06. The highest BCUT2D eigenvalue weighted by Gasteiger charge is 2.07. The SMILES string of the molecule is Cc1ccccc1Cc1ccc(S(N)(=O)=O)cc1. The molecule has 0 amide bonds. The maximum absolute atomic E-state index is 11.1. The van der Waals surface area contributed by atoms with Crippen molar-refractivity contribution in [3.63, 3.8) is 0 Å². The molecule has 0 saturated carbocycles. The van der Waals surface area contributed by atoms with Crippen LogP contribution in [0.5, 0.6) is 0 Å². The van der Waals surface area contributed by atoms with Crippen LogP contribution < -0.4 is 5.14 Å². The molecule has 2 aromatic rings. The summed E-state index contributed by atoms with van der Waals surface area (Å²) in [6, 6.07) is 14.8. The van der Waals surface area contributed by atoms with Crippen LogP contribution >= 0.6 is 0 Å². The van der Waals surface area contributed by atoms with Crippen molar-refractivity contribution < 1.29 is 8.42 Å². The number of benzene rings is 2. The van der Waals surface area contributed by atoms with Gasteiger partial charge in [0, 0.05) is 0 Å². The summed E-state index contributed by atoms with van der Waals surface area (Å²) in [7, 11) is -3.60. The Kier molecular flexibility index (Phi) is 3.50. The second kappa shape index (κ2) is 4.92. The molecule has 18 heavy (non-hydrogen) atoms. The first-order chi connectivity index (χ1) is 8.47. The van der Waals surface area contributed by atoms with E-state index in [1.54, 1.807) is 24.3 Å². The standard InChI is InChI=1S/C14H15NO2S/c1-11-4-2-3-5-13(11)10-12-6-8-14(9-7-12)18(15,16)17/h2-9H,10H2,1H3,(H2,15,16,17). The topological polar surface area (TPSA) is 60.2 Å². The van der Waals surface area contributed by atoms with Gasteiger partial charge in [-0.05, 0) is 42.2 Å². The highest BCUT2D eigenvalue weighted by atomic mass is 32.2. The van der Waals surface area contributed by atoms with E-state index >= 15 is 0 Å². The molecule has 2 rings (SSSR count). The van der Waals surface area contributed by atoms with Gasteiger partial charge in [0.05, 0.1) is 4.90 Å². The molecule has 0 spiro atoms. The van der Waals surface area contributed by atoms with Gasteiger partial charge in [-0.1, -0.05) is 36.4 Å². The zero-order valence-corrected chi connectivity index (χ0v) is 10.9. The quantitative estimate of drug-likeness (QED) is 0.921. The highest BCUT2D eigenvalue weighted by molar-refractivity contribution is 7.89. The van der Waals surface area contributed by atoms with Gasteiger partial charge in [-0.3, -0.25) is 0 Å². The Labute approximate surface area is 107 Å². The number of hydrogen-bond donors (Lipinski definition) is 1. The number of hydrogen-bond acceptors (Lipinski definition) is 2. The van der Waals surface area contributed by atoms with Gasteiger partial charge in [0.15, 0.2) is 0 Å². The van der Waals surface area contributed by atoms with Crippen molar-refractivity contribution in [2.45, 2.75) is 18.2 Å². The zero-order chi connectivity index (χ0) is 13.2. The zero-order valence-electron chi connectivity index (χ0n) is 10.1. The van der Waals surface area contributed by atoms with E-state index in [-0.39, 0.29) is 4.90 Å². The van der Waals surface area contributed by atoms with Gasteiger partial charge in [-0.25, -0.2) is 13.6 Å². The molecule has 94 valence electrons. The van der Waals surface area contributed by atoms with Crippen LogP contribution in [0.2, 0.25) is 0 Å². The van der Waals surface area contributed by atoms with Crippen molar-refractivity contribution in [3.05, 3.63) is 65.2 Å². The molecule has 0 saturated heterocycles. The Bertz CT molecular complexity index is 646. The van der Waals surface area contributed by atoms with Gasteiger partial charge >= 0.3 is 0 Å². The van der Waals surface area contributed by atoms with Crippen LogP contribution in [0.1, 0.15) is 16.7 Å². The van der Waals surface area contributed by atoms with E-state index in [0.29, 0.717) is 0 Å². The van der Waals surface area contributed by atoms with Gasteiger partial charge in [0.2, 0.25) is 10.0 Å². The lowest BCUT2D eigenvalue weighted by Crippen LogP contribution is -2.11. The molecule has 0 fully saturated rings. The summed E-state index contributed by atoms with van der Waals surface area (Å²) < 4.78 is 22.3. The monoisotopic (exact) mass is 261 g/mol. The molecule has 2 aromatic carbocycles. The molecule has 0 atom stereocenters. The first kappa shape index (κ1) is 12.8. The molecule has 0 aromatic heterocycles. The third-order valence-corrected chi connectivity index (χ3v) is 3.84. The van der Waals surface area contributed by atoms with Gasteiger partial charge < -0.3 is 0 Å². The molecule has 0 aliphatic heterocycles. The summed E-state index contributed by atoms with van der Waals surface area (Å²) in [6.07, 6.45) is 0.789. The molecular formula is C14H15NO2S. The second-order valence-electron chi connectivity index (χ2n) is 4.29. The molecule has 0 unspecified atom stereocenters. The predicted octanol–water partition coefficient (Wildman–Crippen LogP) is 2.23. The molecular weight excluding hydrogens is 246 g/mol. The van der Waals surface area contributed by atoms with Crippen molar-refractivity contribution in [1.82, 2.24) is 0 Å². The van der Waals surface area contributed by atoms with Crippen LogP contribution in [-0.2, 0) is 16.4 Å². The minimum atomic E-state index is -3.60. The Morgan fingerprint density at radius 2 is 1.61 bits per heavy atom. The van der Waals surface area contributed by atoms with Crippen molar-refractivity contribution in [2.24, 2.45) is 5.14 Å². The lowest BCUT2D eigenvalue weighted by atomic mass is 10.0. The van der Waals surface area contributed by atoms with E-state index in [4.69, 9.17) is 5.14 Å². The average molecular weight is 261 g/mol. The Morgan fingerprint density at radius 3 is 2.17 bits per heavy atom. The number of nitrogens with two attached hydrogens (primary N) is 1. The third-order valence-electron chi connectivity index (χ3n) is 2.91. The van der Waals surface area contributed by atoms with Gasteiger partial charge in [0.1, 0.15) is 0 Å². The third kappa shape index (κ3) is 2.97. The fourth-order valence-electron chi connectivity index (χ4n) is 1.83. The van der Waals surface area contributed by atoms with Gasteiger partial charge in [0.25, 0.3) is 0 Å². The Balaban J connectivity index is 2.24. The van der Waals surface area contributed by atoms with E-state index in [2.05, 4.69) is 19.1 Å². The molecule has 0 radical (unpaired) electrons. The van der Waals surface area contributed by atoms with Crippen LogP contribution in [0.25, 0.3) is 0 Å². The van der Waals surface area contributed by atoms with E-state index in [0.717, 1.165) is 12.0 Å². The van der Waals surface area contributed by atoms with Crippen LogP contribution in [0.15, 0.2) is 53.4 Å². The first-order valence-corrected chi connectivity index (χ1v) is 7.18. The lowest BCUT2D eigenvalue weighted by molar-refractivity contribution is 0.598. The highest BCUT2D eigenvalue weighted by Crippen LogP contribution is 2.15. The van der Waals surface area contributed by atoms with Crippen molar-refractivity contribution in [3.8, 4) is 0 Å². The summed E-state index contributed by atoms with van der Waals surface area (Å²) >= 11 is 0. The van der Waals surface area contributed by atoms with E-state index in [1.807, 2.05) is 12.1 Å². The molecule has 0 bridgehead atoms.